The summed E-state index contributed by atoms with van der Waals surface area (Å²) in [5, 5.41) is 9.96. The number of hydrogen-bond acceptors (Lipinski definition) is 5. The number of anilines is 2. The Labute approximate surface area is 209 Å². The number of nitrogens with zero attached hydrogens (tertiary/aromatic N) is 1. The fourth-order valence-corrected chi connectivity index (χ4v) is 3.25. The van der Waals surface area contributed by atoms with E-state index in [1.54, 1.807) is 54.6 Å². The highest BCUT2D eigenvalue weighted by molar-refractivity contribution is 6.40. The molecule has 0 fully saturated rings. The number of rotatable bonds is 7. The molecule has 8 nitrogen and oxygen atoms in total. The molecule has 3 aromatic rings. The zero-order chi connectivity index (χ0) is 24.5. The number of hydrogen-bond donors (Lipinski definition) is 3. The number of hydrazone groups is 1. The molecule has 0 unspecified atom stereocenters. The van der Waals surface area contributed by atoms with Gasteiger partial charge in [0.25, 0.3) is 5.91 Å². The van der Waals surface area contributed by atoms with E-state index in [0.717, 1.165) is 0 Å². The zero-order valence-electron chi connectivity index (χ0n) is 17.3. The average molecular weight is 520 g/mol. The van der Waals surface area contributed by atoms with Crippen LogP contribution in [0.5, 0.6) is 5.75 Å². The molecule has 0 aliphatic rings. The molecule has 0 saturated heterocycles. The Morgan fingerprint density at radius 2 is 1.62 bits per heavy atom. The summed E-state index contributed by atoms with van der Waals surface area (Å²) in [5.74, 6) is -2.00. The molecule has 0 aromatic heterocycles. The van der Waals surface area contributed by atoms with Crippen LogP contribution in [0.15, 0.2) is 71.8 Å². The van der Waals surface area contributed by atoms with Crippen LogP contribution in [0.1, 0.15) is 5.56 Å². The molecule has 3 rings (SSSR count). The Bertz CT molecular complexity index is 1250. The van der Waals surface area contributed by atoms with Crippen molar-refractivity contribution in [2.75, 3.05) is 17.2 Å². The minimum Gasteiger partial charge on any atom is -0.483 e. The van der Waals surface area contributed by atoms with Gasteiger partial charge in [-0.25, -0.2) is 5.43 Å². The zero-order valence-corrected chi connectivity index (χ0v) is 19.6. The summed E-state index contributed by atoms with van der Waals surface area (Å²) in [5.41, 5.74) is 3.36. The van der Waals surface area contributed by atoms with E-state index >= 15 is 0 Å². The van der Waals surface area contributed by atoms with Crippen molar-refractivity contribution in [1.82, 2.24) is 5.43 Å². The van der Waals surface area contributed by atoms with Gasteiger partial charge in [-0.05, 0) is 48.5 Å². The van der Waals surface area contributed by atoms with E-state index < -0.39 is 17.7 Å². The Morgan fingerprint density at radius 3 is 2.38 bits per heavy atom. The Morgan fingerprint density at radius 1 is 0.853 bits per heavy atom. The molecule has 0 aliphatic heterocycles. The molecular formula is C23H17Cl3N4O4. The van der Waals surface area contributed by atoms with E-state index in [1.165, 1.54) is 18.3 Å². The molecule has 11 heteroatoms. The molecule has 0 spiro atoms. The highest BCUT2D eigenvalue weighted by Crippen LogP contribution is 2.25. The number of nitrogens with one attached hydrogen (secondary N) is 3. The van der Waals surface area contributed by atoms with Crippen LogP contribution in [0.2, 0.25) is 15.1 Å². The van der Waals surface area contributed by atoms with Crippen molar-refractivity contribution in [3.05, 3.63) is 87.4 Å². The summed E-state index contributed by atoms with van der Waals surface area (Å²) in [4.78, 5) is 36.2. The molecule has 0 bridgehead atoms. The average Bonchev–Trinajstić information content (AvgIpc) is 2.80. The van der Waals surface area contributed by atoms with Gasteiger partial charge < -0.3 is 15.4 Å². The summed E-state index contributed by atoms with van der Waals surface area (Å²) in [6.45, 7) is -0.307. The van der Waals surface area contributed by atoms with Crippen LogP contribution in [0.3, 0.4) is 0 Å². The second-order valence-electron chi connectivity index (χ2n) is 6.66. The number of halogens is 3. The van der Waals surface area contributed by atoms with E-state index in [9.17, 15) is 14.4 Å². The molecule has 3 aromatic carbocycles. The Kier molecular flexibility index (Phi) is 8.86. The third-order valence-electron chi connectivity index (χ3n) is 4.14. The normalized spacial score (nSPS) is 10.6. The van der Waals surface area contributed by atoms with Gasteiger partial charge >= 0.3 is 11.8 Å². The van der Waals surface area contributed by atoms with Crippen LogP contribution in [-0.4, -0.2) is 30.5 Å². The van der Waals surface area contributed by atoms with E-state index in [1.807, 2.05) is 0 Å². The minimum absolute atomic E-state index is 0.295. The van der Waals surface area contributed by atoms with Crippen LogP contribution < -0.4 is 20.8 Å². The van der Waals surface area contributed by atoms with E-state index in [-0.39, 0.29) is 6.61 Å². The topological polar surface area (TPSA) is 109 Å². The molecule has 0 radical (unpaired) electrons. The lowest BCUT2D eigenvalue weighted by molar-refractivity contribution is -0.136. The number of carbonyl (C=O) groups is 3. The molecule has 0 heterocycles. The van der Waals surface area contributed by atoms with E-state index in [0.29, 0.717) is 37.8 Å². The fourth-order valence-electron chi connectivity index (χ4n) is 2.60. The molecule has 3 N–H and O–H groups in total. The van der Waals surface area contributed by atoms with Gasteiger partial charge in [-0.1, -0.05) is 53.0 Å². The number of carbonyl (C=O) groups excluding carboxylic acids is 3. The van der Waals surface area contributed by atoms with Crippen molar-refractivity contribution in [2.45, 2.75) is 0 Å². The van der Waals surface area contributed by atoms with Crippen molar-refractivity contribution in [3.63, 3.8) is 0 Å². The van der Waals surface area contributed by atoms with E-state index in [4.69, 9.17) is 39.5 Å². The highest BCUT2D eigenvalue weighted by Gasteiger charge is 2.13. The third-order valence-corrected chi connectivity index (χ3v) is 4.92. The van der Waals surface area contributed by atoms with Crippen LogP contribution in [0.25, 0.3) is 0 Å². The van der Waals surface area contributed by atoms with Gasteiger partial charge in [-0.3, -0.25) is 14.4 Å². The maximum Gasteiger partial charge on any atom is 0.329 e. The Hall–Kier alpha value is -3.59. The first-order valence-corrected chi connectivity index (χ1v) is 10.8. The number of benzene rings is 3. The molecule has 0 aliphatic carbocycles. The summed E-state index contributed by atoms with van der Waals surface area (Å²) in [7, 11) is 0. The standard InChI is InChI=1S/C23H17Cl3N4O4/c24-15-5-3-6-17(10-15)28-22(32)23(33)30-27-12-14-4-1-2-7-20(14)34-13-21(31)29-19-9-8-16(25)11-18(19)26/h1-12H,13H2,(H,28,32)(H,29,31)(H,30,33)/b27-12-. The lowest BCUT2D eigenvalue weighted by Crippen LogP contribution is -2.32. The predicted octanol–water partition coefficient (Wildman–Crippen LogP) is 4.75. The molecule has 3 amide bonds. The van der Waals surface area contributed by atoms with Crippen molar-refractivity contribution in [1.29, 1.82) is 0 Å². The van der Waals surface area contributed by atoms with Crippen LogP contribution in [-0.2, 0) is 14.4 Å². The maximum atomic E-state index is 12.2. The van der Waals surface area contributed by atoms with Gasteiger partial charge in [0.15, 0.2) is 6.61 Å². The third kappa shape index (κ3) is 7.48. The SMILES string of the molecule is O=C(COc1ccccc1/C=N\NC(=O)C(=O)Nc1cccc(Cl)c1)Nc1ccc(Cl)cc1Cl. The quantitative estimate of drug-likeness (QED) is 0.238. The fraction of sp³-hybridized carbons (Fsp3) is 0.0435. The van der Waals surface area contributed by atoms with Gasteiger partial charge in [-0.15, -0.1) is 0 Å². The second kappa shape index (κ2) is 12.0. The van der Waals surface area contributed by atoms with Gasteiger partial charge in [-0.2, -0.15) is 5.10 Å². The van der Waals surface area contributed by atoms with Crippen molar-refractivity contribution in [2.24, 2.45) is 5.10 Å². The summed E-state index contributed by atoms with van der Waals surface area (Å²) in [6.07, 6.45) is 1.29. The lowest BCUT2D eigenvalue weighted by Gasteiger charge is -2.10. The highest BCUT2D eigenvalue weighted by atomic mass is 35.5. The van der Waals surface area contributed by atoms with Crippen molar-refractivity contribution >= 4 is 70.1 Å². The molecule has 174 valence electrons. The number of amides is 3. The molecule has 0 atom stereocenters. The monoisotopic (exact) mass is 518 g/mol. The summed E-state index contributed by atoms with van der Waals surface area (Å²) < 4.78 is 5.55. The largest absolute Gasteiger partial charge is 0.483 e. The van der Waals surface area contributed by atoms with Gasteiger partial charge in [0.1, 0.15) is 5.75 Å². The molecular weight excluding hydrogens is 503 g/mol. The lowest BCUT2D eigenvalue weighted by atomic mass is 10.2. The smallest absolute Gasteiger partial charge is 0.329 e. The molecule has 0 saturated carbocycles. The minimum atomic E-state index is -0.978. The summed E-state index contributed by atoms with van der Waals surface area (Å²) >= 11 is 17.7. The first kappa shape index (κ1) is 25.0. The van der Waals surface area contributed by atoms with Gasteiger partial charge in [0.2, 0.25) is 0 Å². The first-order valence-electron chi connectivity index (χ1n) is 9.68. The number of ether oxygens (including phenoxy) is 1. The van der Waals surface area contributed by atoms with Crippen LogP contribution in [0.4, 0.5) is 11.4 Å². The van der Waals surface area contributed by atoms with Crippen LogP contribution >= 0.6 is 34.8 Å². The Balaban J connectivity index is 1.54. The van der Waals surface area contributed by atoms with Gasteiger partial charge in [0.05, 0.1) is 16.9 Å². The first-order chi connectivity index (χ1) is 16.3. The second-order valence-corrected chi connectivity index (χ2v) is 7.94. The van der Waals surface area contributed by atoms with Crippen molar-refractivity contribution < 1.29 is 19.1 Å². The van der Waals surface area contributed by atoms with Gasteiger partial charge in [0, 0.05) is 21.3 Å². The van der Waals surface area contributed by atoms with Crippen LogP contribution in [0, 0.1) is 0 Å². The predicted molar refractivity (Wildman–Crippen MR) is 133 cm³/mol. The van der Waals surface area contributed by atoms with E-state index in [2.05, 4.69) is 21.2 Å². The van der Waals surface area contributed by atoms with Crippen molar-refractivity contribution in [3.8, 4) is 5.75 Å². The summed E-state index contributed by atoms with van der Waals surface area (Å²) in [6, 6.07) is 17.7. The number of para-hydroxylation sites is 1. The maximum absolute atomic E-state index is 12.2. The molecule has 34 heavy (non-hydrogen) atoms.